The molecule has 6 nitrogen and oxygen atoms in total. The molecule has 2 rings (SSSR count). The molecule has 0 saturated heterocycles. The van der Waals surface area contributed by atoms with Crippen LogP contribution in [0.3, 0.4) is 0 Å². The minimum absolute atomic E-state index is 0.0444. The summed E-state index contributed by atoms with van der Waals surface area (Å²) in [5.41, 5.74) is 0.719. The Morgan fingerprint density at radius 3 is 2.43 bits per heavy atom. The molecule has 6 heteroatoms. The van der Waals surface area contributed by atoms with Crippen LogP contribution in [0, 0.1) is 17.8 Å². The first-order valence-corrected chi connectivity index (χ1v) is 9.90. The van der Waals surface area contributed by atoms with Crippen molar-refractivity contribution in [2.24, 2.45) is 17.8 Å². The zero-order chi connectivity index (χ0) is 20.7. The molecule has 1 fully saturated rings. The average molecular weight is 392 g/mol. The molecule has 0 aromatic heterocycles. The minimum Gasteiger partial charge on any atom is -0.493 e. The van der Waals surface area contributed by atoms with Crippen LogP contribution in [0.5, 0.6) is 11.5 Å². The number of hydrogen-bond acceptors (Lipinski definition) is 6. The van der Waals surface area contributed by atoms with Crippen LogP contribution in [0.4, 0.5) is 0 Å². The molecule has 0 amide bonds. The molecule has 0 unspecified atom stereocenters. The van der Waals surface area contributed by atoms with E-state index >= 15 is 0 Å². The van der Waals surface area contributed by atoms with Gasteiger partial charge in [0.2, 0.25) is 0 Å². The van der Waals surface area contributed by atoms with Gasteiger partial charge in [0.05, 0.1) is 20.6 Å². The predicted octanol–water partition coefficient (Wildman–Crippen LogP) is 3.79. The zero-order valence-corrected chi connectivity index (χ0v) is 17.5. The number of ether oxygens (including phenoxy) is 4. The van der Waals surface area contributed by atoms with Gasteiger partial charge in [-0.1, -0.05) is 33.3 Å². The standard InChI is InChI=1S/C22H32O6/c1-14(2)17-8-6-15(3)10-19(17)28-22(24)13-27-21(23)12-16-7-9-18(25-4)20(11-16)26-5/h7,9,11,14-15,17,19H,6,8,10,12-13H2,1-5H3/t15-,17-,19-/m1/s1. The predicted molar refractivity (Wildman–Crippen MR) is 105 cm³/mol. The second-order valence-electron chi connectivity index (χ2n) is 7.88. The van der Waals surface area contributed by atoms with Crippen LogP contribution in [-0.4, -0.2) is 38.9 Å². The van der Waals surface area contributed by atoms with Gasteiger partial charge in [-0.3, -0.25) is 4.79 Å². The smallest absolute Gasteiger partial charge is 0.344 e. The van der Waals surface area contributed by atoms with E-state index in [9.17, 15) is 9.59 Å². The molecule has 28 heavy (non-hydrogen) atoms. The Labute approximate surface area is 167 Å². The lowest BCUT2D eigenvalue weighted by Crippen LogP contribution is -2.36. The van der Waals surface area contributed by atoms with E-state index in [2.05, 4.69) is 20.8 Å². The molecule has 0 heterocycles. The van der Waals surface area contributed by atoms with Gasteiger partial charge in [-0.2, -0.15) is 0 Å². The number of rotatable bonds is 8. The molecule has 3 atom stereocenters. The molecule has 0 bridgehead atoms. The molecule has 1 aromatic carbocycles. The van der Waals surface area contributed by atoms with Crippen LogP contribution in [0.15, 0.2) is 18.2 Å². The van der Waals surface area contributed by atoms with Gasteiger partial charge < -0.3 is 18.9 Å². The van der Waals surface area contributed by atoms with Crippen molar-refractivity contribution in [2.45, 2.75) is 52.6 Å². The number of carbonyl (C=O) groups excluding carboxylic acids is 2. The van der Waals surface area contributed by atoms with Gasteiger partial charge in [0.1, 0.15) is 6.10 Å². The molecule has 0 spiro atoms. The zero-order valence-electron chi connectivity index (χ0n) is 17.5. The molecule has 0 radical (unpaired) electrons. The van der Waals surface area contributed by atoms with Gasteiger partial charge in [-0.25, -0.2) is 4.79 Å². The minimum atomic E-state index is -0.485. The van der Waals surface area contributed by atoms with Gasteiger partial charge in [0, 0.05) is 0 Å². The maximum Gasteiger partial charge on any atom is 0.344 e. The molecule has 1 aromatic rings. The Bertz CT molecular complexity index is 669. The van der Waals surface area contributed by atoms with Crippen molar-refractivity contribution >= 4 is 11.9 Å². The maximum atomic E-state index is 12.2. The Hall–Kier alpha value is -2.24. The first-order chi connectivity index (χ1) is 13.3. The Balaban J connectivity index is 1.84. The number of esters is 2. The third-order valence-electron chi connectivity index (χ3n) is 5.39. The fraction of sp³-hybridized carbons (Fsp3) is 0.636. The van der Waals surface area contributed by atoms with E-state index in [0.29, 0.717) is 29.3 Å². The van der Waals surface area contributed by atoms with Gasteiger partial charge >= 0.3 is 11.9 Å². The highest BCUT2D eigenvalue weighted by atomic mass is 16.6. The van der Waals surface area contributed by atoms with Crippen LogP contribution in [0.1, 0.15) is 45.6 Å². The van der Waals surface area contributed by atoms with Gasteiger partial charge in [0.25, 0.3) is 0 Å². The summed E-state index contributed by atoms with van der Waals surface area (Å²) >= 11 is 0. The van der Waals surface area contributed by atoms with Gasteiger partial charge in [-0.05, 0) is 48.3 Å². The summed E-state index contributed by atoms with van der Waals surface area (Å²) in [7, 11) is 3.08. The Kier molecular flexibility index (Phi) is 8.15. The highest BCUT2D eigenvalue weighted by Crippen LogP contribution is 2.35. The third kappa shape index (κ3) is 6.14. The van der Waals surface area contributed by atoms with E-state index in [-0.39, 0.29) is 19.1 Å². The summed E-state index contributed by atoms with van der Waals surface area (Å²) in [5, 5.41) is 0. The summed E-state index contributed by atoms with van der Waals surface area (Å²) in [4.78, 5) is 24.3. The first-order valence-electron chi connectivity index (χ1n) is 9.90. The van der Waals surface area contributed by atoms with Crippen molar-refractivity contribution in [1.82, 2.24) is 0 Å². The van der Waals surface area contributed by atoms with Crippen LogP contribution < -0.4 is 9.47 Å². The summed E-state index contributed by atoms with van der Waals surface area (Å²) in [6, 6.07) is 5.21. The van der Waals surface area contributed by atoms with Gasteiger partial charge in [0.15, 0.2) is 18.1 Å². The molecule has 0 N–H and O–H groups in total. The maximum absolute atomic E-state index is 12.2. The van der Waals surface area contributed by atoms with Crippen molar-refractivity contribution in [3.63, 3.8) is 0 Å². The molecule has 156 valence electrons. The summed E-state index contributed by atoms with van der Waals surface area (Å²) in [5.74, 6) is 1.52. The molecule has 1 aliphatic rings. The van der Waals surface area contributed by atoms with E-state index in [1.807, 2.05) is 0 Å². The highest BCUT2D eigenvalue weighted by Gasteiger charge is 2.33. The lowest BCUT2D eigenvalue weighted by molar-refractivity contribution is -0.166. The average Bonchev–Trinajstić information content (AvgIpc) is 2.66. The van der Waals surface area contributed by atoms with E-state index in [1.54, 1.807) is 25.3 Å². The fourth-order valence-electron chi connectivity index (χ4n) is 3.80. The number of methoxy groups -OCH3 is 2. The summed E-state index contributed by atoms with van der Waals surface area (Å²) < 4.78 is 21.2. The summed E-state index contributed by atoms with van der Waals surface area (Å²) in [6.45, 7) is 6.14. The lowest BCUT2D eigenvalue weighted by atomic mass is 9.75. The number of hydrogen-bond donors (Lipinski definition) is 0. The quantitative estimate of drug-likeness (QED) is 0.627. The fourth-order valence-corrected chi connectivity index (χ4v) is 3.80. The number of benzene rings is 1. The molecule has 1 saturated carbocycles. The van der Waals surface area contributed by atoms with Crippen LogP contribution in [0.25, 0.3) is 0 Å². The lowest BCUT2D eigenvalue weighted by Gasteiger charge is -2.36. The van der Waals surface area contributed by atoms with Crippen molar-refractivity contribution in [3.8, 4) is 11.5 Å². The van der Waals surface area contributed by atoms with Crippen molar-refractivity contribution < 1.29 is 28.5 Å². The largest absolute Gasteiger partial charge is 0.493 e. The second-order valence-corrected chi connectivity index (χ2v) is 7.88. The topological polar surface area (TPSA) is 71.1 Å². The Morgan fingerprint density at radius 2 is 1.79 bits per heavy atom. The highest BCUT2D eigenvalue weighted by molar-refractivity contribution is 5.78. The third-order valence-corrected chi connectivity index (χ3v) is 5.39. The summed E-state index contributed by atoms with van der Waals surface area (Å²) in [6.07, 6.45) is 3.05. The molecular weight excluding hydrogens is 360 g/mol. The van der Waals surface area contributed by atoms with Crippen LogP contribution in [0.2, 0.25) is 0 Å². The van der Waals surface area contributed by atoms with Crippen LogP contribution in [-0.2, 0) is 25.5 Å². The first kappa shape index (κ1) is 22.1. The normalized spacial score (nSPS) is 21.9. The molecule has 1 aliphatic carbocycles. The Morgan fingerprint density at radius 1 is 1.07 bits per heavy atom. The van der Waals surface area contributed by atoms with E-state index in [0.717, 1.165) is 24.8 Å². The van der Waals surface area contributed by atoms with E-state index in [4.69, 9.17) is 18.9 Å². The SMILES string of the molecule is COc1ccc(CC(=O)OCC(=O)O[C@@H]2C[C@H](C)CC[C@@H]2C(C)C)cc1OC. The van der Waals surface area contributed by atoms with E-state index < -0.39 is 11.9 Å². The van der Waals surface area contributed by atoms with Crippen LogP contribution >= 0.6 is 0 Å². The number of carbonyl (C=O) groups is 2. The van der Waals surface area contributed by atoms with Crippen molar-refractivity contribution in [1.29, 1.82) is 0 Å². The monoisotopic (exact) mass is 392 g/mol. The second kappa shape index (κ2) is 10.3. The van der Waals surface area contributed by atoms with Crippen molar-refractivity contribution in [2.75, 3.05) is 20.8 Å². The molecular formula is C22H32O6. The van der Waals surface area contributed by atoms with E-state index in [1.165, 1.54) is 7.11 Å². The van der Waals surface area contributed by atoms with Gasteiger partial charge in [-0.15, -0.1) is 0 Å². The molecule has 0 aliphatic heterocycles. The van der Waals surface area contributed by atoms with Crippen molar-refractivity contribution in [3.05, 3.63) is 23.8 Å².